The number of benzene rings is 1. The van der Waals surface area contributed by atoms with Crippen LogP contribution in [0, 0.1) is 5.92 Å². The smallest absolute Gasteiger partial charge is 0.127 e. The van der Waals surface area contributed by atoms with Gasteiger partial charge in [-0.1, -0.05) is 0 Å². The third-order valence-corrected chi connectivity index (χ3v) is 4.11. The fraction of sp³-hybridized carbons (Fsp3) is 0.471. The number of aliphatic hydroxyl groups is 1. The van der Waals surface area contributed by atoms with Crippen molar-refractivity contribution in [3.05, 3.63) is 42.5 Å². The molecule has 2 heterocycles. The van der Waals surface area contributed by atoms with Crippen molar-refractivity contribution in [3.8, 4) is 11.4 Å². The van der Waals surface area contributed by atoms with Gasteiger partial charge in [0, 0.05) is 43.7 Å². The fourth-order valence-electron chi connectivity index (χ4n) is 2.84. The summed E-state index contributed by atoms with van der Waals surface area (Å²) in [6.45, 7) is 3.89. The second kappa shape index (κ2) is 7.59. The Morgan fingerprint density at radius 1 is 1.35 bits per heavy atom. The minimum absolute atomic E-state index is 0.156. The summed E-state index contributed by atoms with van der Waals surface area (Å²) < 4.78 is 12.8. The molecule has 1 saturated heterocycles. The van der Waals surface area contributed by atoms with Crippen LogP contribution < -0.4 is 4.74 Å². The van der Waals surface area contributed by atoms with E-state index in [1.807, 2.05) is 36.7 Å². The highest BCUT2D eigenvalue weighted by Gasteiger charge is 2.19. The first kappa shape index (κ1) is 16.0. The zero-order valence-corrected chi connectivity index (χ0v) is 13.4. The van der Waals surface area contributed by atoms with Gasteiger partial charge in [-0.25, -0.2) is 4.98 Å². The highest BCUT2D eigenvalue weighted by atomic mass is 16.5. The Kier molecular flexibility index (Phi) is 5.27. The van der Waals surface area contributed by atoms with Crippen molar-refractivity contribution in [2.45, 2.75) is 6.54 Å². The lowest BCUT2D eigenvalue weighted by atomic mass is 10.1. The molecule has 1 aromatic carbocycles. The lowest BCUT2D eigenvalue weighted by molar-refractivity contribution is 0.0958. The summed E-state index contributed by atoms with van der Waals surface area (Å²) in [4.78, 5) is 6.79. The summed E-state index contributed by atoms with van der Waals surface area (Å²) in [5, 5.41) is 9.40. The monoisotopic (exact) mass is 317 g/mol. The van der Waals surface area contributed by atoms with Gasteiger partial charge in [0.2, 0.25) is 0 Å². The van der Waals surface area contributed by atoms with E-state index in [9.17, 15) is 5.11 Å². The summed E-state index contributed by atoms with van der Waals surface area (Å²) in [6.07, 6.45) is 3.78. The molecule has 6 heteroatoms. The Hall–Kier alpha value is -1.89. The summed E-state index contributed by atoms with van der Waals surface area (Å²) in [7, 11) is 1.66. The van der Waals surface area contributed by atoms with E-state index in [4.69, 9.17) is 9.47 Å². The molecule has 23 heavy (non-hydrogen) atoms. The van der Waals surface area contributed by atoms with Crippen LogP contribution in [0.2, 0.25) is 0 Å². The Morgan fingerprint density at radius 3 is 2.91 bits per heavy atom. The molecule has 0 saturated carbocycles. The molecule has 0 radical (unpaired) electrons. The first-order valence-electron chi connectivity index (χ1n) is 7.87. The minimum atomic E-state index is 0.156. The molecular formula is C17H23N3O3. The van der Waals surface area contributed by atoms with Crippen molar-refractivity contribution in [2.24, 2.45) is 5.92 Å². The highest BCUT2D eigenvalue weighted by molar-refractivity contribution is 5.38. The average Bonchev–Trinajstić information content (AvgIpc) is 2.92. The first-order valence-corrected chi connectivity index (χ1v) is 7.87. The molecule has 1 atom stereocenters. The standard InChI is InChI=1S/C17H23N3O3/c1-22-16-4-2-15(3-5-16)20-7-6-18-17(20)11-19-8-9-23-13-14(10-19)12-21/h2-7,14,21H,8-13H2,1H3/t14-/m0/s1. The number of aliphatic hydroxyl groups excluding tert-OH is 1. The molecule has 1 aliphatic heterocycles. The molecule has 6 nitrogen and oxygen atoms in total. The van der Waals surface area contributed by atoms with E-state index in [0.717, 1.165) is 36.9 Å². The maximum Gasteiger partial charge on any atom is 0.127 e. The van der Waals surface area contributed by atoms with Crippen LogP contribution in [0.25, 0.3) is 5.69 Å². The summed E-state index contributed by atoms with van der Waals surface area (Å²) >= 11 is 0. The highest BCUT2D eigenvalue weighted by Crippen LogP contribution is 2.18. The number of hydrogen-bond donors (Lipinski definition) is 1. The zero-order valence-electron chi connectivity index (χ0n) is 13.4. The Bertz CT molecular complexity index is 612. The summed E-state index contributed by atoms with van der Waals surface area (Å²) in [5.41, 5.74) is 1.06. The molecular weight excluding hydrogens is 294 g/mol. The fourth-order valence-corrected chi connectivity index (χ4v) is 2.84. The molecule has 0 bridgehead atoms. The Balaban J connectivity index is 1.74. The maximum absolute atomic E-state index is 9.40. The van der Waals surface area contributed by atoms with E-state index >= 15 is 0 Å². The van der Waals surface area contributed by atoms with Gasteiger partial charge < -0.3 is 19.1 Å². The molecule has 3 rings (SSSR count). The van der Waals surface area contributed by atoms with Crippen LogP contribution >= 0.6 is 0 Å². The van der Waals surface area contributed by atoms with E-state index < -0.39 is 0 Å². The van der Waals surface area contributed by atoms with Crippen molar-refractivity contribution < 1.29 is 14.6 Å². The third-order valence-electron chi connectivity index (χ3n) is 4.11. The molecule has 124 valence electrons. The maximum atomic E-state index is 9.40. The lowest BCUT2D eigenvalue weighted by Crippen LogP contribution is -2.32. The van der Waals surface area contributed by atoms with Gasteiger partial charge in [-0.3, -0.25) is 4.90 Å². The van der Waals surface area contributed by atoms with Crippen molar-refractivity contribution in [1.82, 2.24) is 14.5 Å². The van der Waals surface area contributed by atoms with Crippen molar-refractivity contribution >= 4 is 0 Å². The minimum Gasteiger partial charge on any atom is -0.497 e. The van der Waals surface area contributed by atoms with E-state index in [1.165, 1.54) is 0 Å². The van der Waals surface area contributed by atoms with Gasteiger partial charge >= 0.3 is 0 Å². The van der Waals surface area contributed by atoms with Gasteiger partial charge in [-0.05, 0) is 24.3 Å². The van der Waals surface area contributed by atoms with Gasteiger partial charge in [0.05, 0.1) is 26.9 Å². The Labute approximate surface area is 136 Å². The van der Waals surface area contributed by atoms with E-state index in [1.54, 1.807) is 7.11 Å². The second-order valence-electron chi connectivity index (χ2n) is 5.77. The van der Waals surface area contributed by atoms with Crippen LogP contribution in [0.15, 0.2) is 36.7 Å². The number of aromatic nitrogens is 2. The summed E-state index contributed by atoms with van der Waals surface area (Å²) in [5.74, 6) is 1.99. The molecule has 1 fully saturated rings. The quantitative estimate of drug-likeness (QED) is 0.901. The number of methoxy groups -OCH3 is 1. The molecule has 1 N–H and O–H groups in total. The molecule has 0 amide bonds. The molecule has 1 aromatic heterocycles. The lowest BCUT2D eigenvalue weighted by Gasteiger charge is -2.22. The molecule has 1 aliphatic rings. The SMILES string of the molecule is COc1ccc(-n2ccnc2CN2CCOC[C@H](CO)C2)cc1. The first-order chi connectivity index (χ1) is 11.3. The Morgan fingerprint density at radius 2 is 2.17 bits per heavy atom. The van der Waals surface area contributed by atoms with Crippen LogP contribution in [0.1, 0.15) is 5.82 Å². The average molecular weight is 317 g/mol. The topological polar surface area (TPSA) is 59.8 Å². The van der Waals surface area contributed by atoms with E-state index in [-0.39, 0.29) is 12.5 Å². The number of hydrogen-bond acceptors (Lipinski definition) is 5. The van der Waals surface area contributed by atoms with Gasteiger partial charge in [0.15, 0.2) is 0 Å². The number of nitrogens with zero attached hydrogens (tertiary/aromatic N) is 3. The van der Waals surface area contributed by atoms with Crippen LogP contribution in [-0.4, -0.2) is 59.6 Å². The van der Waals surface area contributed by atoms with Gasteiger partial charge in [0.25, 0.3) is 0 Å². The van der Waals surface area contributed by atoms with Gasteiger partial charge in [-0.2, -0.15) is 0 Å². The van der Waals surface area contributed by atoms with Gasteiger partial charge in [-0.15, -0.1) is 0 Å². The normalized spacial score (nSPS) is 19.5. The van der Waals surface area contributed by atoms with Crippen LogP contribution in [0.3, 0.4) is 0 Å². The van der Waals surface area contributed by atoms with E-state index in [0.29, 0.717) is 13.2 Å². The molecule has 2 aromatic rings. The third kappa shape index (κ3) is 3.90. The van der Waals surface area contributed by atoms with Crippen molar-refractivity contribution in [1.29, 1.82) is 0 Å². The molecule has 0 aliphatic carbocycles. The molecule has 0 spiro atoms. The number of rotatable bonds is 5. The number of ether oxygens (including phenoxy) is 2. The van der Waals surface area contributed by atoms with Crippen molar-refractivity contribution in [3.63, 3.8) is 0 Å². The predicted molar refractivity (Wildman–Crippen MR) is 86.8 cm³/mol. The largest absolute Gasteiger partial charge is 0.497 e. The van der Waals surface area contributed by atoms with Gasteiger partial charge in [0.1, 0.15) is 11.6 Å². The summed E-state index contributed by atoms with van der Waals surface area (Å²) in [6, 6.07) is 7.93. The van der Waals surface area contributed by atoms with Crippen LogP contribution in [0.4, 0.5) is 0 Å². The van der Waals surface area contributed by atoms with Crippen LogP contribution in [0.5, 0.6) is 5.75 Å². The molecule has 0 unspecified atom stereocenters. The second-order valence-corrected chi connectivity index (χ2v) is 5.77. The van der Waals surface area contributed by atoms with Crippen molar-refractivity contribution in [2.75, 3.05) is 40.0 Å². The van der Waals surface area contributed by atoms with E-state index in [2.05, 4.69) is 14.5 Å². The number of imidazole rings is 1. The predicted octanol–water partition coefficient (Wildman–Crippen LogP) is 1.32. The zero-order chi connectivity index (χ0) is 16.1. The van der Waals surface area contributed by atoms with Crippen LogP contribution in [-0.2, 0) is 11.3 Å².